The van der Waals surface area contributed by atoms with Crippen molar-refractivity contribution >= 4 is 29.3 Å². The van der Waals surface area contributed by atoms with Crippen LogP contribution in [0.3, 0.4) is 0 Å². The molecule has 138 valence electrons. The van der Waals surface area contributed by atoms with Crippen LogP contribution in [0.4, 0.5) is 0 Å². The molecule has 2 heterocycles. The molecule has 1 aromatic carbocycles. The number of imidazole rings is 1. The molecule has 0 atom stereocenters. The Morgan fingerprint density at radius 2 is 1.96 bits per heavy atom. The van der Waals surface area contributed by atoms with E-state index >= 15 is 0 Å². The van der Waals surface area contributed by atoms with Crippen LogP contribution in [0.25, 0.3) is 11.0 Å². The summed E-state index contributed by atoms with van der Waals surface area (Å²) in [5.41, 5.74) is 2.27. The quantitative estimate of drug-likeness (QED) is 0.886. The second kappa shape index (κ2) is 8.68. The summed E-state index contributed by atoms with van der Waals surface area (Å²) in [5, 5.41) is 3.64. The first-order valence-electron chi connectivity index (χ1n) is 9.06. The molecule has 25 heavy (non-hydrogen) atoms. The van der Waals surface area contributed by atoms with Gasteiger partial charge in [-0.25, -0.2) is 4.98 Å². The molecule has 0 bridgehead atoms. The van der Waals surface area contributed by atoms with Crippen molar-refractivity contribution in [2.75, 3.05) is 13.1 Å². The lowest BCUT2D eigenvalue weighted by Crippen LogP contribution is -2.46. The second-order valence-electron chi connectivity index (χ2n) is 6.90. The smallest absolute Gasteiger partial charge is 0.225 e. The van der Waals surface area contributed by atoms with Gasteiger partial charge in [0.05, 0.1) is 17.6 Å². The normalized spacial score (nSPS) is 15.6. The van der Waals surface area contributed by atoms with Crippen LogP contribution in [0.15, 0.2) is 24.3 Å². The maximum absolute atomic E-state index is 12.1. The third kappa shape index (κ3) is 4.33. The van der Waals surface area contributed by atoms with E-state index in [-0.39, 0.29) is 24.2 Å². The molecule has 1 amide bonds. The molecule has 5 nitrogen and oxygen atoms in total. The standard InChI is InChI=1S/C19H28N4O.ClH/c1-4-23-17-8-6-5-7-16(17)21-18(23)13-20-15-9-11-22(12-10-15)19(24)14(2)3;/h5-8,14-15,20H,4,9-13H2,1-3H3;1H. The Bertz CT molecular complexity index is 705. The van der Waals surface area contributed by atoms with Crippen LogP contribution < -0.4 is 5.32 Å². The van der Waals surface area contributed by atoms with Gasteiger partial charge in [-0.05, 0) is 31.9 Å². The van der Waals surface area contributed by atoms with Crippen molar-refractivity contribution in [3.63, 3.8) is 0 Å². The Kier molecular flexibility index (Phi) is 6.85. The Hall–Kier alpha value is -1.59. The van der Waals surface area contributed by atoms with E-state index < -0.39 is 0 Å². The first-order chi connectivity index (χ1) is 11.6. The highest BCUT2D eigenvalue weighted by Crippen LogP contribution is 2.17. The number of nitrogens with zero attached hydrogens (tertiary/aromatic N) is 3. The van der Waals surface area contributed by atoms with Gasteiger partial charge in [0.1, 0.15) is 5.82 Å². The summed E-state index contributed by atoms with van der Waals surface area (Å²) in [6, 6.07) is 8.76. The summed E-state index contributed by atoms with van der Waals surface area (Å²) in [6.07, 6.45) is 2.04. The summed E-state index contributed by atoms with van der Waals surface area (Å²) in [4.78, 5) is 18.8. The lowest BCUT2D eigenvalue weighted by atomic mass is 10.0. The van der Waals surface area contributed by atoms with E-state index in [2.05, 4.69) is 35.0 Å². The fourth-order valence-electron chi connectivity index (χ4n) is 3.52. The maximum atomic E-state index is 12.1. The molecular weight excluding hydrogens is 336 g/mol. The number of carbonyl (C=O) groups is 1. The van der Waals surface area contributed by atoms with Gasteiger partial charge in [0.15, 0.2) is 0 Å². The minimum Gasteiger partial charge on any atom is -0.342 e. The molecule has 0 unspecified atom stereocenters. The minimum atomic E-state index is 0. The van der Waals surface area contributed by atoms with Crippen LogP contribution in [-0.4, -0.2) is 39.5 Å². The summed E-state index contributed by atoms with van der Waals surface area (Å²) in [6.45, 7) is 9.54. The number of benzene rings is 1. The summed E-state index contributed by atoms with van der Waals surface area (Å²) >= 11 is 0. The van der Waals surface area contributed by atoms with Crippen LogP contribution in [-0.2, 0) is 17.9 Å². The molecule has 1 N–H and O–H groups in total. The number of carbonyl (C=O) groups excluding carboxylic acids is 1. The molecule has 1 aromatic heterocycles. The van der Waals surface area contributed by atoms with Crippen molar-refractivity contribution in [1.29, 1.82) is 0 Å². The van der Waals surface area contributed by atoms with Crippen molar-refractivity contribution in [1.82, 2.24) is 19.8 Å². The largest absolute Gasteiger partial charge is 0.342 e. The van der Waals surface area contributed by atoms with Gasteiger partial charge in [0.25, 0.3) is 0 Å². The predicted molar refractivity (Wildman–Crippen MR) is 104 cm³/mol. The molecule has 1 fully saturated rings. The van der Waals surface area contributed by atoms with Gasteiger partial charge in [-0.3, -0.25) is 4.79 Å². The molecule has 6 heteroatoms. The van der Waals surface area contributed by atoms with Crippen LogP contribution in [0.5, 0.6) is 0 Å². The molecule has 1 aliphatic rings. The highest BCUT2D eigenvalue weighted by atomic mass is 35.5. The number of fused-ring (bicyclic) bond motifs is 1. The highest BCUT2D eigenvalue weighted by Gasteiger charge is 2.24. The summed E-state index contributed by atoms with van der Waals surface area (Å²) < 4.78 is 2.28. The first kappa shape index (κ1) is 19.7. The predicted octanol–water partition coefficient (Wildman–Crippen LogP) is 3.21. The average molecular weight is 365 g/mol. The monoisotopic (exact) mass is 364 g/mol. The summed E-state index contributed by atoms with van der Waals surface area (Å²) in [5.74, 6) is 1.47. The second-order valence-corrected chi connectivity index (χ2v) is 6.90. The number of rotatable bonds is 5. The van der Waals surface area contributed by atoms with E-state index in [4.69, 9.17) is 4.98 Å². The van der Waals surface area contributed by atoms with Crippen LogP contribution in [0, 0.1) is 5.92 Å². The fourth-order valence-corrected chi connectivity index (χ4v) is 3.52. The summed E-state index contributed by atoms with van der Waals surface area (Å²) in [7, 11) is 0. The van der Waals surface area contributed by atoms with E-state index in [0.717, 1.165) is 50.4 Å². The number of aromatic nitrogens is 2. The van der Waals surface area contributed by atoms with Gasteiger partial charge >= 0.3 is 0 Å². The molecule has 0 saturated carbocycles. The van der Waals surface area contributed by atoms with Crippen molar-refractivity contribution < 1.29 is 4.79 Å². The molecule has 1 saturated heterocycles. The van der Waals surface area contributed by atoms with Crippen molar-refractivity contribution in [2.24, 2.45) is 5.92 Å². The zero-order valence-electron chi connectivity index (χ0n) is 15.4. The molecule has 0 spiro atoms. The maximum Gasteiger partial charge on any atom is 0.225 e. The first-order valence-corrected chi connectivity index (χ1v) is 9.06. The van der Waals surface area contributed by atoms with E-state index in [0.29, 0.717) is 6.04 Å². The van der Waals surface area contributed by atoms with Gasteiger partial charge < -0.3 is 14.8 Å². The number of para-hydroxylation sites is 2. The van der Waals surface area contributed by atoms with E-state index in [9.17, 15) is 4.79 Å². The third-order valence-corrected chi connectivity index (χ3v) is 4.90. The number of piperidine rings is 1. The molecule has 0 aliphatic carbocycles. The number of nitrogens with one attached hydrogen (secondary N) is 1. The lowest BCUT2D eigenvalue weighted by Gasteiger charge is -2.33. The number of hydrogen-bond acceptors (Lipinski definition) is 3. The zero-order chi connectivity index (χ0) is 17.1. The van der Waals surface area contributed by atoms with Gasteiger partial charge in [-0.2, -0.15) is 0 Å². The zero-order valence-corrected chi connectivity index (χ0v) is 16.2. The van der Waals surface area contributed by atoms with Crippen molar-refractivity contribution in [3.8, 4) is 0 Å². The van der Waals surface area contributed by atoms with E-state index in [1.54, 1.807) is 0 Å². The number of likely N-dealkylation sites (tertiary alicyclic amines) is 1. The van der Waals surface area contributed by atoms with Gasteiger partial charge in [-0.1, -0.05) is 26.0 Å². The molecular formula is C19H29ClN4O. The molecule has 3 rings (SSSR count). The third-order valence-electron chi connectivity index (χ3n) is 4.90. The number of amides is 1. The van der Waals surface area contributed by atoms with Crippen LogP contribution >= 0.6 is 12.4 Å². The average Bonchev–Trinajstić information content (AvgIpc) is 2.97. The van der Waals surface area contributed by atoms with Gasteiger partial charge in [-0.15, -0.1) is 12.4 Å². The van der Waals surface area contributed by atoms with Crippen molar-refractivity contribution in [2.45, 2.75) is 52.7 Å². The highest BCUT2D eigenvalue weighted by molar-refractivity contribution is 5.85. The van der Waals surface area contributed by atoms with Crippen LogP contribution in [0.1, 0.15) is 39.4 Å². The van der Waals surface area contributed by atoms with Crippen molar-refractivity contribution in [3.05, 3.63) is 30.1 Å². The lowest BCUT2D eigenvalue weighted by molar-refractivity contribution is -0.135. The van der Waals surface area contributed by atoms with E-state index in [1.165, 1.54) is 5.52 Å². The fraction of sp³-hybridized carbons (Fsp3) is 0.579. The molecule has 2 aromatic rings. The Morgan fingerprint density at radius 1 is 1.28 bits per heavy atom. The Morgan fingerprint density at radius 3 is 2.60 bits per heavy atom. The number of hydrogen-bond donors (Lipinski definition) is 1. The minimum absolute atomic E-state index is 0. The Balaban J connectivity index is 0.00000225. The molecule has 1 aliphatic heterocycles. The topological polar surface area (TPSA) is 50.2 Å². The number of aryl methyl sites for hydroxylation is 1. The van der Waals surface area contributed by atoms with Gasteiger partial charge in [0.2, 0.25) is 5.91 Å². The van der Waals surface area contributed by atoms with Gasteiger partial charge in [0, 0.05) is 31.6 Å². The number of halogens is 1. The Labute approximate surface area is 156 Å². The molecule has 0 radical (unpaired) electrons. The van der Waals surface area contributed by atoms with E-state index in [1.807, 2.05) is 24.8 Å². The van der Waals surface area contributed by atoms with Crippen LogP contribution in [0.2, 0.25) is 0 Å². The SMILES string of the molecule is CCn1c(CNC2CCN(C(=O)C(C)C)CC2)nc2ccccc21.Cl.